The van der Waals surface area contributed by atoms with Gasteiger partial charge in [0.1, 0.15) is 11.5 Å². The second-order valence-electron chi connectivity index (χ2n) is 11.6. The summed E-state index contributed by atoms with van der Waals surface area (Å²) in [5.74, 6) is 0.741. The number of benzene rings is 2. The van der Waals surface area contributed by atoms with Crippen molar-refractivity contribution in [2.75, 3.05) is 13.1 Å². The number of allylic oxidation sites excluding steroid dienone is 4. The maximum Gasteiger partial charge on any atom is 0.255 e. The number of aliphatic hydroxyl groups is 1. The van der Waals surface area contributed by atoms with Crippen LogP contribution in [0.2, 0.25) is 5.02 Å². The van der Waals surface area contributed by atoms with Crippen molar-refractivity contribution in [1.82, 2.24) is 10.2 Å². The molecular formula is C32H37ClN2O4. The molecule has 1 atom stereocenters. The molecule has 1 aliphatic heterocycles. The van der Waals surface area contributed by atoms with Crippen molar-refractivity contribution >= 4 is 23.4 Å². The molecule has 0 radical (unpaired) electrons. The first kappa shape index (κ1) is 28.7. The average Bonchev–Trinajstić information content (AvgIpc) is 3.11. The molecule has 7 heteroatoms. The molecule has 0 spiro atoms. The van der Waals surface area contributed by atoms with Gasteiger partial charge in [0.2, 0.25) is 5.91 Å². The fourth-order valence-corrected chi connectivity index (χ4v) is 5.34. The minimum absolute atomic E-state index is 0.0717. The van der Waals surface area contributed by atoms with E-state index >= 15 is 0 Å². The number of carbonyl (C=O) groups excluding carboxylic acids is 2. The molecule has 1 aliphatic carbocycles. The van der Waals surface area contributed by atoms with Crippen LogP contribution in [0.3, 0.4) is 0 Å². The summed E-state index contributed by atoms with van der Waals surface area (Å²) in [7, 11) is 0. The van der Waals surface area contributed by atoms with Gasteiger partial charge < -0.3 is 20.1 Å². The summed E-state index contributed by atoms with van der Waals surface area (Å²) in [6, 6.07) is 16.6. The second kappa shape index (κ2) is 11.4. The lowest BCUT2D eigenvalue weighted by molar-refractivity contribution is -0.154. The third kappa shape index (κ3) is 6.63. The van der Waals surface area contributed by atoms with Gasteiger partial charge in [-0.15, -0.1) is 0 Å². The van der Waals surface area contributed by atoms with E-state index in [0.717, 1.165) is 5.56 Å². The molecule has 6 nitrogen and oxygen atoms in total. The quantitative estimate of drug-likeness (QED) is 0.450. The normalized spacial score (nSPS) is 20.9. The van der Waals surface area contributed by atoms with Gasteiger partial charge in [0, 0.05) is 35.5 Å². The predicted molar refractivity (Wildman–Crippen MR) is 154 cm³/mol. The molecular weight excluding hydrogens is 512 g/mol. The van der Waals surface area contributed by atoms with Gasteiger partial charge in [-0.25, -0.2) is 0 Å². The number of hydrogen-bond acceptors (Lipinski definition) is 4. The summed E-state index contributed by atoms with van der Waals surface area (Å²) in [5, 5.41) is 15.3. The van der Waals surface area contributed by atoms with Crippen LogP contribution in [-0.2, 0) is 15.2 Å². The molecule has 0 unspecified atom stereocenters. The lowest BCUT2D eigenvalue weighted by atomic mass is 9.66. The lowest BCUT2D eigenvalue weighted by Gasteiger charge is -2.51. The highest BCUT2D eigenvalue weighted by Crippen LogP contribution is 2.46. The molecule has 2 N–H and O–H groups in total. The molecule has 206 valence electrons. The monoisotopic (exact) mass is 548 g/mol. The highest BCUT2D eigenvalue weighted by atomic mass is 35.5. The highest BCUT2D eigenvalue weighted by molar-refractivity contribution is 6.30. The van der Waals surface area contributed by atoms with Crippen molar-refractivity contribution in [2.24, 2.45) is 5.41 Å². The molecule has 1 saturated heterocycles. The summed E-state index contributed by atoms with van der Waals surface area (Å²) in [6.45, 7) is 8.44. The number of nitrogens with zero attached hydrogens (tertiary/aromatic N) is 1. The van der Waals surface area contributed by atoms with Crippen LogP contribution in [0.1, 0.15) is 52.5 Å². The number of nitrogens with one attached hydrogen (secondary N) is 1. The zero-order valence-corrected chi connectivity index (χ0v) is 23.8. The van der Waals surface area contributed by atoms with Crippen LogP contribution in [0.25, 0.3) is 0 Å². The van der Waals surface area contributed by atoms with Gasteiger partial charge in [-0.1, -0.05) is 67.9 Å². The smallest absolute Gasteiger partial charge is 0.255 e. The molecule has 1 fully saturated rings. The molecule has 2 aliphatic rings. The Morgan fingerprint density at radius 2 is 1.79 bits per heavy atom. The van der Waals surface area contributed by atoms with Gasteiger partial charge in [0.25, 0.3) is 5.91 Å². The van der Waals surface area contributed by atoms with Crippen molar-refractivity contribution in [3.8, 4) is 5.75 Å². The summed E-state index contributed by atoms with van der Waals surface area (Å²) in [5.41, 5.74) is -1.28. The van der Waals surface area contributed by atoms with E-state index in [1.165, 1.54) is 0 Å². The number of piperidine rings is 1. The van der Waals surface area contributed by atoms with Gasteiger partial charge in [0.15, 0.2) is 0 Å². The van der Waals surface area contributed by atoms with Gasteiger partial charge >= 0.3 is 0 Å². The number of amides is 2. The fraction of sp³-hybridized carbons (Fsp3) is 0.375. The van der Waals surface area contributed by atoms with Gasteiger partial charge in [-0.2, -0.15) is 0 Å². The average molecular weight is 549 g/mol. The summed E-state index contributed by atoms with van der Waals surface area (Å²) in [6.07, 6.45) is 8.57. The predicted octanol–water partition coefficient (Wildman–Crippen LogP) is 5.92. The Kier molecular flexibility index (Phi) is 8.38. The van der Waals surface area contributed by atoms with Gasteiger partial charge in [-0.3, -0.25) is 9.59 Å². The third-order valence-corrected chi connectivity index (χ3v) is 7.74. The number of para-hydroxylation sites is 1. The van der Waals surface area contributed by atoms with Crippen molar-refractivity contribution in [2.45, 2.75) is 58.1 Å². The number of ether oxygens (including phenoxy) is 1. The SMILES string of the molecule is CC(C)(CC(=O)N1CC[C@](O)(c2ccc(Cl)cc2)C(C)(C)C1)NC(=O)C1=CC=CCC=C1Oc1ccccc1. The van der Waals surface area contributed by atoms with Gasteiger partial charge in [0.05, 0.1) is 11.2 Å². The maximum atomic E-state index is 13.4. The zero-order chi connectivity index (χ0) is 28.3. The first-order valence-electron chi connectivity index (χ1n) is 13.3. The van der Waals surface area contributed by atoms with E-state index in [2.05, 4.69) is 5.32 Å². The second-order valence-corrected chi connectivity index (χ2v) is 12.0. The molecule has 0 bridgehead atoms. The molecule has 0 saturated carbocycles. The first-order valence-corrected chi connectivity index (χ1v) is 13.7. The van der Waals surface area contributed by atoms with E-state index in [9.17, 15) is 14.7 Å². The van der Waals surface area contributed by atoms with Crippen LogP contribution < -0.4 is 10.1 Å². The number of rotatable bonds is 7. The minimum atomic E-state index is -1.08. The van der Waals surface area contributed by atoms with Crippen LogP contribution >= 0.6 is 11.6 Å². The van der Waals surface area contributed by atoms with Crippen LogP contribution in [0.4, 0.5) is 0 Å². The third-order valence-electron chi connectivity index (χ3n) is 7.49. The number of halogens is 1. The van der Waals surface area contributed by atoms with Crippen LogP contribution in [0.5, 0.6) is 5.75 Å². The fourth-order valence-electron chi connectivity index (χ4n) is 5.21. The maximum absolute atomic E-state index is 13.4. The zero-order valence-electron chi connectivity index (χ0n) is 23.0. The number of likely N-dealkylation sites (tertiary alicyclic amines) is 1. The molecule has 2 aromatic carbocycles. The Hall–Kier alpha value is -3.35. The van der Waals surface area contributed by atoms with E-state index < -0.39 is 16.6 Å². The van der Waals surface area contributed by atoms with Crippen LogP contribution in [-0.4, -0.2) is 40.4 Å². The lowest BCUT2D eigenvalue weighted by Crippen LogP contribution is -2.58. The van der Waals surface area contributed by atoms with Crippen molar-refractivity contribution in [3.63, 3.8) is 0 Å². The molecule has 2 aromatic rings. The Morgan fingerprint density at radius 3 is 2.46 bits per heavy atom. The minimum Gasteiger partial charge on any atom is -0.457 e. The molecule has 4 rings (SSSR count). The first-order chi connectivity index (χ1) is 18.4. The van der Waals surface area contributed by atoms with Gasteiger partial charge in [-0.05, 0) is 68.7 Å². The molecule has 1 heterocycles. The summed E-state index contributed by atoms with van der Waals surface area (Å²) < 4.78 is 6.03. The number of carbonyl (C=O) groups is 2. The Bertz CT molecular complexity index is 1300. The van der Waals surface area contributed by atoms with Crippen LogP contribution in [0, 0.1) is 5.41 Å². The highest BCUT2D eigenvalue weighted by Gasteiger charge is 2.49. The largest absolute Gasteiger partial charge is 0.457 e. The molecule has 2 amide bonds. The van der Waals surface area contributed by atoms with Crippen molar-refractivity contribution < 1.29 is 19.4 Å². The Morgan fingerprint density at radius 1 is 1.10 bits per heavy atom. The topological polar surface area (TPSA) is 78.9 Å². The van der Waals surface area contributed by atoms with Crippen molar-refractivity contribution in [1.29, 1.82) is 0 Å². The molecule has 39 heavy (non-hydrogen) atoms. The van der Waals surface area contributed by atoms with E-state index in [0.29, 0.717) is 48.0 Å². The van der Waals surface area contributed by atoms with E-state index in [-0.39, 0.29) is 18.2 Å². The van der Waals surface area contributed by atoms with E-state index in [4.69, 9.17) is 16.3 Å². The Balaban J connectivity index is 1.41. The summed E-state index contributed by atoms with van der Waals surface area (Å²) in [4.78, 5) is 28.6. The summed E-state index contributed by atoms with van der Waals surface area (Å²) >= 11 is 6.05. The standard InChI is InChI=1S/C32H37ClN2O4/c1-30(2)22-35(20-19-32(30,38)23-15-17-24(33)18-16-23)28(36)21-31(3,4)34-29(37)26-13-9-6-10-14-27(26)39-25-11-7-5-8-12-25/h5-9,11-18,38H,10,19-22H2,1-4H3,(H,34,37)/t32-/m0/s1. The molecule has 0 aromatic heterocycles. The van der Waals surface area contributed by atoms with E-state index in [1.54, 1.807) is 23.1 Å². The van der Waals surface area contributed by atoms with Crippen molar-refractivity contribution in [3.05, 3.63) is 101 Å². The van der Waals surface area contributed by atoms with Crippen LogP contribution in [0.15, 0.2) is 90.2 Å². The number of hydrogen-bond donors (Lipinski definition) is 2. The Labute approximate surface area is 236 Å². The van der Waals surface area contributed by atoms with E-state index in [1.807, 2.05) is 88.4 Å².